The third kappa shape index (κ3) is 7.45. The van der Waals surface area contributed by atoms with Gasteiger partial charge in [0.1, 0.15) is 18.1 Å². The summed E-state index contributed by atoms with van der Waals surface area (Å²) in [5, 5.41) is 6.75. The predicted molar refractivity (Wildman–Crippen MR) is 124 cm³/mol. The summed E-state index contributed by atoms with van der Waals surface area (Å²) in [5.74, 6) is 2.58. The second kappa shape index (κ2) is 12.8. The van der Waals surface area contributed by atoms with Gasteiger partial charge in [-0.25, -0.2) is 0 Å². The van der Waals surface area contributed by atoms with Crippen molar-refractivity contribution in [2.75, 3.05) is 60.2 Å². The largest absolute Gasteiger partial charge is 0.496 e. The van der Waals surface area contributed by atoms with E-state index in [0.29, 0.717) is 13.2 Å². The second-order valence-electron chi connectivity index (χ2n) is 7.32. The van der Waals surface area contributed by atoms with Crippen LogP contribution in [0.1, 0.15) is 11.1 Å². The normalized spacial score (nSPS) is 14.8. The van der Waals surface area contributed by atoms with Gasteiger partial charge < -0.3 is 24.8 Å². The van der Waals surface area contributed by atoms with Gasteiger partial charge in [-0.15, -0.1) is 0 Å². The first-order valence-electron chi connectivity index (χ1n) is 10.9. The summed E-state index contributed by atoms with van der Waals surface area (Å²) >= 11 is 0. The molecule has 1 aliphatic rings. The standard InChI is InChI=1S/C24H34N4O3/c1-25-24(26-12-11-20-7-3-5-9-22(20)29-2)27-19-21-8-4-6-10-23(21)31-18-15-28-13-16-30-17-14-28/h3-10H,11-19H2,1-2H3,(H2,25,26,27). The number of nitrogens with one attached hydrogen (secondary N) is 2. The topological polar surface area (TPSA) is 67.4 Å². The molecule has 3 rings (SSSR count). The lowest BCUT2D eigenvalue weighted by molar-refractivity contribution is 0.0322. The number of morpholine rings is 1. The lowest BCUT2D eigenvalue weighted by Gasteiger charge is -2.26. The van der Waals surface area contributed by atoms with Gasteiger partial charge in [0, 0.05) is 45.3 Å². The fourth-order valence-electron chi connectivity index (χ4n) is 3.52. The van der Waals surface area contributed by atoms with Gasteiger partial charge in [0.05, 0.1) is 20.3 Å². The third-order valence-corrected chi connectivity index (χ3v) is 5.29. The van der Waals surface area contributed by atoms with Crippen molar-refractivity contribution in [1.82, 2.24) is 15.5 Å². The molecule has 0 unspecified atom stereocenters. The lowest BCUT2D eigenvalue weighted by atomic mass is 10.1. The number of ether oxygens (including phenoxy) is 3. The highest BCUT2D eigenvalue weighted by atomic mass is 16.5. The molecule has 2 aromatic carbocycles. The number of methoxy groups -OCH3 is 1. The van der Waals surface area contributed by atoms with E-state index in [1.165, 1.54) is 5.56 Å². The molecule has 1 aliphatic heterocycles. The average Bonchev–Trinajstić information content (AvgIpc) is 2.83. The Morgan fingerprint density at radius 2 is 1.71 bits per heavy atom. The number of hydrogen-bond donors (Lipinski definition) is 2. The van der Waals surface area contributed by atoms with Crippen LogP contribution in [0.4, 0.5) is 0 Å². The number of aliphatic imine (C=N–C) groups is 1. The molecule has 7 nitrogen and oxygen atoms in total. The molecule has 2 aromatic rings. The number of nitrogens with zero attached hydrogens (tertiary/aromatic N) is 2. The molecule has 2 N–H and O–H groups in total. The predicted octanol–water partition coefficient (Wildman–Crippen LogP) is 2.31. The van der Waals surface area contributed by atoms with E-state index >= 15 is 0 Å². The Morgan fingerprint density at radius 3 is 2.45 bits per heavy atom. The summed E-state index contributed by atoms with van der Waals surface area (Å²) in [4.78, 5) is 6.71. The van der Waals surface area contributed by atoms with Gasteiger partial charge in [-0.3, -0.25) is 9.89 Å². The van der Waals surface area contributed by atoms with Crippen molar-refractivity contribution in [3.63, 3.8) is 0 Å². The molecular weight excluding hydrogens is 392 g/mol. The molecule has 0 bridgehead atoms. The molecule has 1 saturated heterocycles. The molecule has 0 saturated carbocycles. The fourth-order valence-corrected chi connectivity index (χ4v) is 3.52. The summed E-state index contributed by atoms with van der Waals surface area (Å²) in [5.41, 5.74) is 2.28. The minimum Gasteiger partial charge on any atom is -0.496 e. The van der Waals surface area contributed by atoms with Gasteiger partial charge in [0.25, 0.3) is 0 Å². The van der Waals surface area contributed by atoms with Gasteiger partial charge in [0.15, 0.2) is 5.96 Å². The molecule has 31 heavy (non-hydrogen) atoms. The molecular formula is C24H34N4O3. The van der Waals surface area contributed by atoms with Gasteiger partial charge >= 0.3 is 0 Å². The monoisotopic (exact) mass is 426 g/mol. The summed E-state index contributed by atoms with van der Waals surface area (Å²) in [6.45, 7) is 6.56. The number of benzene rings is 2. The Balaban J connectivity index is 1.44. The van der Waals surface area contributed by atoms with Crippen LogP contribution in [0.25, 0.3) is 0 Å². The molecule has 0 spiro atoms. The minimum atomic E-state index is 0.641. The zero-order valence-corrected chi connectivity index (χ0v) is 18.6. The molecule has 0 atom stereocenters. The summed E-state index contributed by atoms with van der Waals surface area (Å²) in [6, 6.07) is 16.2. The maximum absolute atomic E-state index is 6.07. The van der Waals surface area contributed by atoms with Gasteiger partial charge in [-0.2, -0.15) is 0 Å². The number of guanidine groups is 1. The average molecular weight is 427 g/mol. The Hall–Kier alpha value is -2.77. The zero-order valence-electron chi connectivity index (χ0n) is 18.6. The van der Waals surface area contributed by atoms with Crippen LogP contribution in [-0.4, -0.2) is 71.0 Å². The Morgan fingerprint density at radius 1 is 1.00 bits per heavy atom. The number of hydrogen-bond acceptors (Lipinski definition) is 5. The van der Waals surface area contributed by atoms with Crippen molar-refractivity contribution >= 4 is 5.96 Å². The summed E-state index contributed by atoms with van der Waals surface area (Å²) in [6.07, 6.45) is 0.853. The van der Waals surface area contributed by atoms with Crippen LogP contribution >= 0.6 is 0 Å². The fraction of sp³-hybridized carbons (Fsp3) is 0.458. The van der Waals surface area contributed by atoms with Crippen molar-refractivity contribution < 1.29 is 14.2 Å². The van der Waals surface area contributed by atoms with E-state index in [2.05, 4.69) is 32.7 Å². The van der Waals surface area contributed by atoms with E-state index in [9.17, 15) is 0 Å². The van der Waals surface area contributed by atoms with Gasteiger partial charge in [0.2, 0.25) is 0 Å². The number of rotatable bonds is 10. The van der Waals surface area contributed by atoms with Crippen molar-refractivity contribution in [3.8, 4) is 11.5 Å². The highest BCUT2D eigenvalue weighted by Crippen LogP contribution is 2.18. The van der Waals surface area contributed by atoms with Crippen LogP contribution < -0.4 is 20.1 Å². The van der Waals surface area contributed by atoms with Crippen LogP contribution in [0.15, 0.2) is 53.5 Å². The smallest absolute Gasteiger partial charge is 0.191 e. The van der Waals surface area contributed by atoms with E-state index in [-0.39, 0.29) is 0 Å². The van der Waals surface area contributed by atoms with Crippen molar-refractivity contribution in [2.24, 2.45) is 4.99 Å². The molecule has 7 heteroatoms. The SMILES string of the molecule is CN=C(NCCc1ccccc1OC)NCc1ccccc1OCCN1CCOCC1. The van der Waals surface area contributed by atoms with Crippen LogP contribution in [0.3, 0.4) is 0 Å². The Bertz CT molecular complexity index is 822. The van der Waals surface area contributed by atoms with E-state index in [1.807, 2.05) is 36.4 Å². The quantitative estimate of drug-likeness (QED) is 0.449. The van der Waals surface area contributed by atoms with Crippen LogP contribution in [-0.2, 0) is 17.7 Å². The first-order chi connectivity index (χ1) is 15.3. The molecule has 0 amide bonds. The minimum absolute atomic E-state index is 0.641. The highest BCUT2D eigenvalue weighted by Gasteiger charge is 2.11. The van der Waals surface area contributed by atoms with E-state index < -0.39 is 0 Å². The molecule has 0 aromatic heterocycles. The first kappa shape index (κ1) is 22.9. The summed E-state index contributed by atoms with van der Waals surface area (Å²) in [7, 11) is 3.48. The molecule has 1 heterocycles. The molecule has 168 valence electrons. The maximum Gasteiger partial charge on any atom is 0.191 e. The summed E-state index contributed by atoms with van der Waals surface area (Å²) < 4.78 is 16.9. The van der Waals surface area contributed by atoms with Crippen molar-refractivity contribution in [1.29, 1.82) is 0 Å². The van der Waals surface area contributed by atoms with E-state index in [1.54, 1.807) is 14.2 Å². The zero-order chi connectivity index (χ0) is 21.7. The van der Waals surface area contributed by atoms with Gasteiger partial charge in [-0.1, -0.05) is 36.4 Å². The lowest BCUT2D eigenvalue weighted by Crippen LogP contribution is -2.39. The van der Waals surface area contributed by atoms with Gasteiger partial charge in [-0.05, 0) is 24.1 Å². The third-order valence-electron chi connectivity index (χ3n) is 5.29. The van der Waals surface area contributed by atoms with Crippen molar-refractivity contribution in [3.05, 3.63) is 59.7 Å². The van der Waals surface area contributed by atoms with Crippen molar-refractivity contribution in [2.45, 2.75) is 13.0 Å². The van der Waals surface area contributed by atoms with Crippen LogP contribution in [0.5, 0.6) is 11.5 Å². The molecule has 1 fully saturated rings. The molecule has 0 aliphatic carbocycles. The van der Waals surface area contributed by atoms with E-state index in [4.69, 9.17) is 14.2 Å². The van der Waals surface area contributed by atoms with Crippen LogP contribution in [0.2, 0.25) is 0 Å². The molecule has 0 radical (unpaired) electrons. The second-order valence-corrected chi connectivity index (χ2v) is 7.32. The first-order valence-corrected chi connectivity index (χ1v) is 10.9. The van der Waals surface area contributed by atoms with Crippen LogP contribution in [0, 0.1) is 0 Å². The van der Waals surface area contributed by atoms with E-state index in [0.717, 1.165) is 68.8 Å². The Labute approximate surface area is 185 Å². The number of para-hydroxylation sites is 2. The Kier molecular flexibility index (Phi) is 9.47. The maximum atomic E-state index is 6.07. The highest BCUT2D eigenvalue weighted by molar-refractivity contribution is 5.79.